The number of ether oxygens (including phenoxy) is 1. The van der Waals surface area contributed by atoms with Crippen molar-refractivity contribution >= 4 is 22.4 Å². The SMILES string of the molecule is O=c1[nH]ccc2cc(OC3CCC(NCCC4CCNCC4)CC3)c(Cl)cc12. The van der Waals surface area contributed by atoms with E-state index in [0.29, 0.717) is 22.2 Å². The lowest BCUT2D eigenvalue weighted by atomic mass is 9.91. The number of piperidine rings is 1. The number of fused-ring (bicyclic) bond motifs is 1. The Morgan fingerprint density at radius 2 is 1.89 bits per heavy atom. The Morgan fingerprint density at radius 3 is 2.68 bits per heavy atom. The molecule has 1 aliphatic heterocycles. The molecule has 2 aliphatic rings. The van der Waals surface area contributed by atoms with E-state index in [1.54, 1.807) is 12.3 Å². The zero-order chi connectivity index (χ0) is 19.3. The summed E-state index contributed by atoms with van der Waals surface area (Å²) in [4.78, 5) is 14.6. The van der Waals surface area contributed by atoms with Gasteiger partial charge in [-0.15, -0.1) is 0 Å². The highest BCUT2D eigenvalue weighted by Gasteiger charge is 2.23. The van der Waals surface area contributed by atoms with Crippen molar-refractivity contribution in [3.63, 3.8) is 0 Å². The van der Waals surface area contributed by atoms with E-state index in [4.69, 9.17) is 16.3 Å². The predicted molar refractivity (Wildman–Crippen MR) is 114 cm³/mol. The summed E-state index contributed by atoms with van der Waals surface area (Å²) < 4.78 is 6.20. The van der Waals surface area contributed by atoms with Gasteiger partial charge in [0.2, 0.25) is 0 Å². The van der Waals surface area contributed by atoms with Crippen LogP contribution < -0.4 is 20.9 Å². The summed E-state index contributed by atoms with van der Waals surface area (Å²) >= 11 is 6.37. The maximum Gasteiger partial charge on any atom is 0.255 e. The van der Waals surface area contributed by atoms with E-state index in [9.17, 15) is 4.79 Å². The van der Waals surface area contributed by atoms with E-state index >= 15 is 0 Å². The quantitative estimate of drug-likeness (QED) is 0.685. The van der Waals surface area contributed by atoms with Crippen LogP contribution in [0.3, 0.4) is 0 Å². The molecule has 28 heavy (non-hydrogen) atoms. The summed E-state index contributed by atoms with van der Waals surface area (Å²) in [5.74, 6) is 1.57. The van der Waals surface area contributed by atoms with E-state index < -0.39 is 0 Å². The van der Waals surface area contributed by atoms with Gasteiger partial charge in [0, 0.05) is 17.6 Å². The molecule has 0 unspecified atom stereocenters. The van der Waals surface area contributed by atoms with E-state index in [1.165, 1.54) is 32.4 Å². The summed E-state index contributed by atoms with van der Waals surface area (Å²) in [7, 11) is 0. The van der Waals surface area contributed by atoms with Gasteiger partial charge in [-0.2, -0.15) is 0 Å². The number of aromatic nitrogens is 1. The average molecular weight is 404 g/mol. The second kappa shape index (κ2) is 9.29. The van der Waals surface area contributed by atoms with E-state index in [1.807, 2.05) is 12.1 Å². The number of halogens is 1. The zero-order valence-electron chi connectivity index (χ0n) is 16.3. The van der Waals surface area contributed by atoms with Crippen molar-refractivity contribution in [1.29, 1.82) is 0 Å². The fourth-order valence-electron chi connectivity index (χ4n) is 4.51. The Morgan fingerprint density at radius 1 is 1.11 bits per heavy atom. The van der Waals surface area contributed by atoms with Gasteiger partial charge in [-0.05, 0) is 94.1 Å². The molecule has 1 aromatic heterocycles. The van der Waals surface area contributed by atoms with E-state index in [0.717, 1.165) is 43.5 Å². The standard InChI is InChI=1S/C22H30ClN3O2/c23-20-14-19-16(8-12-26-22(19)27)13-21(20)28-18-3-1-17(2-4-18)25-11-7-15-5-9-24-10-6-15/h8,12-15,17-18,24-25H,1-7,9-11H2,(H,26,27). The molecule has 1 aromatic carbocycles. The molecule has 5 nitrogen and oxygen atoms in total. The molecule has 3 N–H and O–H groups in total. The highest BCUT2D eigenvalue weighted by atomic mass is 35.5. The van der Waals surface area contributed by atoms with Crippen molar-refractivity contribution < 1.29 is 4.74 Å². The minimum Gasteiger partial charge on any atom is -0.489 e. The van der Waals surface area contributed by atoms with Crippen LogP contribution in [0.15, 0.2) is 29.2 Å². The third kappa shape index (κ3) is 4.88. The molecule has 0 atom stereocenters. The first-order chi connectivity index (χ1) is 13.7. The van der Waals surface area contributed by atoms with E-state index in [2.05, 4.69) is 15.6 Å². The summed E-state index contributed by atoms with van der Waals surface area (Å²) in [6, 6.07) is 6.07. The molecule has 0 bridgehead atoms. The first-order valence-electron chi connectivity index (χ1n) is 10.6. The molecule has 2 aromatic rings. The van der Waals surface area contributed by atoms with Crippen LogP contribution in [0.5, 0.6) is 5.75 Å². The fourth-order valence-corrected chi connectivity index (χ4v) is 4.71. The van der Waals surface area contributed by atoms with Crippen molar-refractivity contribution in [2.75, 3.05) is 19.6 Å². The molecule has 0 spiro atoms. The van der Waals surface area contributed by atoms with Crippen molar-refractivity contribution in [2.45, 2.75) is 57.1 Å². The lowest BCUT2D eigenvalue weighted by Gasteiger charge is -2.30. The van der Waals surface area contributed by atoms with Gasteiger partial charge in [0.15, 0.2) is 0 Å². The number of nitrogens with one attached hydrogen (secondary N) is 3. The van der Waals surface area contributed by atoms with Crippen LogP contribution in [0.25, 0.3) is 10.8 Å². The number of rotatable bonds is 6. The highest BCUT2D eigenvalue weighted by Crippen LogP contribution is 2.32. The molecular formula is C22H30ClN3O2. The first-order valence-corrected chi connectivity index (χ1v) is 11.0. The highest BCUT2D eigenvalue weighted by molar-refractivity contribution is 6.32. The maximum atomic E-state index is 11.9. The molecule has 6 heteroatoms. The van der Waals surface area contributed by atoms with Crippen molar-refractivity contribution in [2.24, 2.45) is 5.92 Å². The minimum atomic E-state index is -0.123. The van der Waals surface area contributed by atoms with Crippen LogP contribution in [0.4, 0.5) is 0 Å². The van der Waals surface area contributed by atoms with Crippen LogP contribution in [-0.4, -0.2) is 36.8 Å². The second-order valence-electron chi connectivity index (χ2n) is 8.20. The Bertz CT molecular complexity index is 839. The number of hydrogen-bond donors (Lipinski definition) is 3. The Balaban J connectivity index is 1.26. The van der Waals surface area contributed by atoms with Gasteiger partial charge >= 0.3 is 0 Å². The fraction of sp³-hybridized carbons (Fsp3) is 0.591. The molecule has 1 saturated heterocycles. The maximum absolute atomic E-state index is 11.9. The van der Waals surface area contributed by atoms with Gasteiger partial charge in [-0.1, -0.05) is 11.6 Å². The summed E-state index contributed by atoms with van der Waals surface area (Å²) in [5.41, 5.74) is -0.123. The minimum absolute atomic E-state index is 0.123. The smallest absolute Gasteiger partial charge is 0.255 e. The van der Waals surface area contributed by atoms with Gasteiger partial charge in [0.1, 0.15) is 5.75 Å². The normalized spacial score (nSPS) is 23.8. The molecule has 2 fully saturated rings. The van der Waals surface area contributed by atoms with Crippen molar-refractivity contribution in [1.82, 2.24) is 15.6 Å². The third-order valence-electron chi connectivity index (χ3n) is 6.24. The number of H-pyrrole nitrogens is 1. The van der Waals surface area contributed by atoms with Crippen molar-refractivity contribution in [3.05, 3.63) is 39.8 Å². The number of benzene rings is 1. The molecule has 0 amide bonds. The van der Waals surface area contributed by atoms with Crippen LogP contribution in [0, 0.1) is 5.92 Å². The molecule has 4 rings (SSSR count). The molecule has 152 valence electrons. The van der Waals surface area contributed by atoms with E-state index in [-0.39, 0.29) is 11.7 Å². The van der Waals surface area contributed by atoms with Gasteiger partial charge in [0.25, 0.3) is 5.56 Å². The monoisotopic (exact) mass is 403 g/mol. The molecule has 1 saturated carbocycles. The van der Waals surface area contributed by atoms with Crippen LogP contribution in [0.1, 0.15) is 44.9 Å². The van der Waals surface area contributed by atoms with Crippen LogP contribution >= 0.6 is 11.6 Å². The largest absolute Gasteiger partial charge is 0.489 e. The zero-order valence-corrected chi connectivity index (χ0v) is 17.1. The predicted octanol–water partition coefficient (Wildman–Crippen LogP) is 3.85. The van der Waals surface area contributed by atoms with Crippen molar-refractivity contribution in [3.8, 4) is 5.75 Å². The summed E-state index contributed by atoms with van der Waals surface area (Å²) in [6.45, 7) is 3.49. The van der Waals surface area contributed by atoms with Gasteiger partial charge < -0.3 is 20.4 Å². The topological polar surface area (TPSA) is 66.2 Å². The molecule has 0 radical (unpaired) electrons. The first kappa shape index (κ1) is 19.7. The molecule has 2 heterocycles. The van der Waals surface area contributed by atoms with Gasteiger partial charge in [-0.25, -0.2) is 0 Å². The Labute approximate surface area is 171 Å². The lowest BCUT2D eigenvalue weighted by Crippen LogP contribution is -2.38. The number of hydrogen-bond acceptors (Lipinski definition) is 4. The van der Waals surface area contributed by atoms with Crippen LogP contribution in [-0.2, 0) is 0 Å². The van der Waals surface area contributed by atoms with Gasteiger partial charge in [-0.3, -0.25) is 4.79 Å². The second-order valence-corrected chi connectivity index (χ2v) is 8.61. The van der Waals surface area contributed by atoms with Gasteiger partial charge in [0.05, 0.1) is 11.1 Å². The lowest BCUT2D eigenvalue weighted by molar-refractivity contribution is 0.139. The Kier molecular flexibility index (Phi) is 6.55. The molecule has 1 aliphatic carbocycles. The summed E-state index contributed by atoms with van der Waals surface area (Å²) in [5, 5.41) is 9.15. The summed E-state index contributed by atoms with van der Waals surface area (Å²) in [6.07, 6.45) is 10.1. The third-order valence-corrected chi connectivity index (χ3v) is 6.53. The Hall–Kier alpha value is -1.56. The number of pyridine rings is 1. The molecular weight excluding hydrogens is 374 g/mol. The number of aromatic amines is 1. The van der Waals surface area contributed by atoms with Crippen LogP contribution in [0.2, 0.25) is 5.02 Å². The average Bonchev–Trinajstić information content (AvgIpc) is 2.71.